The van der Waals surface area contributed by atoms with Gasteiger partial charge in [-0.3, -0.25) is 4.79 Å². The van der Waals surface area contributed by atoms with Crippen molar-refractivity contribution in [1.82, 2.24) is 10.6 Å². The highest BCUT2D eigenvalue weighted by molar-refractivity contribution is 5.49. The van der Waals surface area contributed by atoms with Crippen LogP contribution in [0.1, 0.15) is 211 Å². The molecule has 4 saturated carbocycles. The second kappa shape index (κ2) is 39.0. The summed E-state index contributed by atoms with van der Waals surface area (Å²) in [5.41, 5.74) is 3.42. The summed E-state index contributed by atoms with van der Waals surface area (Å²) < 4.78 is 0. The highest BCUT2D eigenvalue weighted by atomic mass is 16.3. The Balaban J connectivity index is 0.000000535. The van der Waals surface area contributed by atoms with Gasteiger partial charge < -0.3 is 20.5 Å². The van der Waals surface area contributed by atoms with Crippen LogP contribution in [0.3, 0.4) is 0 Å². The van der Waals surface area contributed by atoms with E-state index in [4.69, 9.17) is 0 Å². The number of allylic oxidation sites excluding steroid dienone is 20. The molecule has 4 fully saturated rings. The average molecular weight is 994 g/mol. The minimum atomic E-state index is -0.113. The quantitative estimate of drug-likeness (QED) is 0.0541. The molecule has 0 aromatic heterocycles. The highest BCUT2D eigenvalue weighted by Gasteiger charge is 2.64. The predicted octanol–water partition coefficient (Wildman–Crippen LogP) is 17.9. The maximum Gasteiger partial charge on any atom is 0.207 e. The summed E-state index contributed by atoms with van der Waals surface area (Å²) in [6.45, 7) is 27.1. The van der Waals surface area contributed by atoms with Crippen LogP contribution in [0.2, 0.25) is 0 Å². The monoisotopic (exact) mass is 993 g/mol. The molecule has 0 bridgehead atoms. The third-order valence-electron chi connectivity index (χ3n) is 17.0. The van der Waals surface area contributed by atoms with Crippen molar-refractivity contribution >= 4 is 12.7 Å². The summed E-state index contributed by atoms with van der Waals surface area (Å²) in [6.07, 6.45) is 67.9. The molecule has 0 aliphatic heterocycles. The zero-order valence-electron chi connectivity index (χ0n) is 48.6. The minimum Gasteiger partial charge on any atom is -0.393 e. The van der Waals surface area contributed by atoms with E-state index >= 15 is 0 Å². The smallest absolute Gasteiger partial charge is 0.207 e. The molecule has 9 atom stereocenters. The van der Waals surface area contributed by atoms with Crippen molar-refractivity contribution in [3.8, 4) is 0 Å². The molecular formula is C67H112N2O3. The highest BCUT2D eigenvalue weighted by Crippen LogP contribution is 2.71. The van der Waals surface area contributed by atoms with Gasteiger partial charge >= 0.3 is 0 Å². The lowest BCUT2D eigenvalue weighted by atomic mass is 9.37. The number of nitrogens with one attached hydrogen (secondary N) is 2. The van der Waals surface area contributed by atoms with Gasteiger partial charge in [0.2, 0.25) is 6.41 Å². The van der Waals surface area contributed by atoms with E-state index in [0.29, 0.717) is 41.5 Å². The van der Waals surface area contributed by atoms with Crippen molar-refractivity contribution in [3.05, 3.63) is 121 Å². The summed E-state index contributed by atoms with van der Waals surface area (Å²) in [6, 6.07) is 0. The van der Waals surface area contributed by atoms with Gasteiger partial charge in [0.25, 0.3) is 0 Å². The van der Waals surface area contributed by atoms with Gasteiger partial charge in [-0.05, 0) is 181 Å². The molecule has 0 radical (unpaired) electrons. The number of fused-ring (bicyclic) bond motifs is 7. The van der Waals surface area contributed by atoms with E-state index in [1.54, 1.807) is 0 Å². The van der Waals surface area contributed by atoms with Crippen LogP contribution in [0.4, 0.5) is 0 Å². The molecule has 0 heterocycles. The van der Waals surface area contributed by atoms with E-state index in [1.165, 1.54) is 57.8 Å². The van der Waals surface area contributed by atoms with E-state index in [9.17, 15) is 14.7 Å². The average Bonchev–Trinajstić information content (AvgIpc) is 3.36. The summed E-state index contributed by atoms with van der Waals surface area (Å²) in [5, 5.41) is 16.2. The third-order valence-corrected chi connectivity index (χ3v) is 17.0. The van der Waals surface area contributed by atoms with E-state index in [-0.39, 0.29) is 11.5 Å². The molecule has 5 nitrogen and oxygen atoms in total. The lowest BCUT2D eigenvalue weighted by Crippen LogP contribution is -2.61. The molecular weight excluding hydrogens is 881 g/mol. The number of likely N-dealkylation sites (N-methyl/N-ethyl adjacent to an activating group) is 1. The predicted molar refractivity (Wildman–Crippen MR) is 317 cm³/mol. The SMILES string of the molecule is C/C=C\C/C=C\C/C=C\CC.CC.CC/C=C\C/C=C\C/C=C\C/C=C\C/C=C\C/C=C\CCC=O.CC1CCCC2(C)CCC3C(=CCC4C3(C)CCC3C(C)(C)C(O)CCC34C)C12.CNCCNC=O. The van der Waals surface area contributed by atoms with Gasteiger partial charge in [-0.2, -0.15) is 0 Å². The first kappa shape index (κ1) is 66.5. The molecule has 0 aromatic carbocycles. The number of hydrogen-bond donors (Lipinski definition) is 3. The Morgan fingerprint density at radius 2 is 1.10 bits per heavy atom. The fourth-order valence-corrected chi connectivity index (χ4v) is 13.3. The van der Waals surface area contributed by atoms with E-state index in [1.807, 2.05) is 33.4 Å². The van der Waals surface area contributed by atoms with Crippen molar-refractivity contribution in [2.75, 3.05) is 20.1 Å². The van der Waals surface area contributed by atoms with Crippen molar-refractivity contribution in [2.24, 2.45) is 51.2 Å². The molecule has 0 saturated heterocycles. The number of aliphatic hydroxyl groups excluding tert-OH is 1. The molecule has 5 heteroatoms. The van der Waals surface area contributed by atoms with Crippen LogP contribution in [0.15, 0.2) is 121 Å². The number of unbranched alkanes of at least 4 members (excludes halogenated alkanes) is 1. The number of rotatable bonds is 23. The molecule has 5 rings (SSSR count). The molecule has 408 valence electrons. The van der Waals surface area contributed by atoms with Crippen LogP contribution in [0.25, 0.3) is 0 Å². The number of amides is 1. The fourth-order valence-electron chi connectivity index (χ4n) is 13.3. The molecule has 72 heavy (non-hydrogen) atoms. The van der Waals surface area contributed by atoms with Gasteiger partial charge in [0.05, 0.1) is 6.10 Å². The van der Waals surface area contributed by atoms with Gasteiger partial charge in [0.1, 0.15) is 6.29 Å². The molecule has 1 amide bonds. The summed E-state index contributed by atoms with van der Waals surface area (Å²) in [4.78, 5) is 19.7. The Kier molecular flexibility index (Phi) is 36.0. The van der Waals surface area contributed by atoms with E-state index in [2.05, 4.69) is 181 Å². The van der Waals surface area contributed by atoms with Crippen molar-refractivity contribution in [1.29, 1.82) is 0 Å². The van der Waals surface area contributed by atoms with Gasteiger partial charge in [-0.1, -0.05) is 203 Å². The molecule has 9 unspecified atom stereocenters. The van der Waals surface area contributed by atoms with Crippen molar-refractivity contribution in [3.63, 3.8) is 0 Å². The summed E-state index contributed by atoms with van der Waals surface area (Å²) in [7, 11) is 1.84. The van der Waals surface area contributed by atoms with E-state index < -0.39 is 0 Å². The topological polar surface area (TPSA) is 78.4 Å². The standard InChI is InChI=1S/C28H46O.C22H32O.C11H18.C4H10N2O.C2H6/c1-18-8-7-14-26(4)15-11-20-19(24(18)26)9-10-22-27(20,5)16-12-21-25(2,3)23(29)13-17-28(21,22)6;1-2-3-4-5-6-7-8-9-10-11-12-13-14-15-16-17-18-19-20-21-22-23;1-3-5-7-9-11-10-8-6-4-2;1-5-2-3-6-4-7;1-2/h9,18,20-24,29H,7-8,10-17H2,1-6H3;3-4,6-7,9-10,12-13,15-16,18-19,22H,2,5,8,11,14,17,20-21H2,1H3;3,5-6,8-9,11H,4,7,10H2,1-2H3;4-5H,2-3H2,1H3,(H,6,7);1-2H3/b;4-3-,7-6-,10-9-,13-12-,16-15-,19-18-;5-3-,8-6-,11-9-;;. The Morgan fingerprint density at radius 3 is 1.58 bits per heavy atom. The Labute approximate surface area is 445 Å². The first-order chi connectivity index (χ1) is 34.8. The second-order valence-electron chi connectivity index (χ2n) is 22.3. The van der Waals surface area contributed by atoms with Crippen molar-refractivity contribution in [2.45, 2.75) is 217 Å². The van der Waals surface area contributed by atoms with Crippen LogP contribution in [-0.4, -0.2) is 44.0 Å². The van der Waals surface area contributed by atoms with Gasteiger partial charge in [-0.15, -0.1) is 0 Å². The first-order valence-corrected chi connectivity index (χ1v) is 29.2. The van der Waals surface area contributed by atoms with Crippen LogP contribution < -0.4 is 10.6 Å². The largest absolute Gasteiger partial charge is 0.393 e. The molecule has 0 spiro atoms. The summed E-state index contributed by atoms with van der Waals surface area (Å²) >= 11 is 0. The molecule has 5 aliphatic carbocycles. The van der Waals surface area contributed by atoms with Gasteiger partial charge in [0.15, 0.2) is 0 Å². The van der Waals surface area contributed by atoms with Crippen LogP contribution in [-0.2, 0) is 9.59 Å². The number of hydrogen-bond acceptors (Lipinski definition) is 4. The maximum atomic E-state index is 10.8. The summed E-state index contributed by atoms with van der Waals surface area (Å²) in [5.74, 6) is 4.03. The lowest BCUT2D eigenvalue weighted by Gasteiger charge is -2.68. The second-order valence-corrected chi connectivity index (χ2v) is 22.3. The molecule has 5 aliphatic rings. The molecule has 0 aromatic rings. The van der Waals surface area contributed by atoms with Gasteiger partial charge in [0, 0.05) is 19.5 Å². The number of aliphatic hydroxyl groups is 1. The fraction of sp³-hybridized carbons (Fsp3) is 0.672. The number of carbonyl (C=O) groups is 2. The Bertz CT molecular complexity index is 1740. The third kappa shape index (κ3) is 22.5. The normalized spacial score (nSPS) is 29.7. The lowest BCUT2D eigenvalue weighted by molar-refractivity contribution is -0.185. The van der Waals surface area contributed by atoms with Gasteiger partial charge in [-0.25, -0.2) is 0 Å². The number of carbonyl (C=O) groups excluding carboxylic acids is 2. The van der Waals surface area contributed by atoms with Crippen LogP contribution in [0.5, 0.6) is 0 Å². The zero-order valence-corrected chi connectivity index (χ0v) is 48.6. The Hall–Kier alpha value is -3.54. The zero-order chi connectivity index (χ0) is 53.6. The minimum absolute atomic E-state index is 0.0708. The first-order valence-electron chi connectivity index (χ1n) is 29.2. The number of aldehydes is 1. The molecule has 3 N–H and O–H groups in total. The maximum absolute atomic E-state index is 10.8. The Morgan fingerprint density at radius 1 is 0.597 bits per heavy atom. The van der Waals surface area contributed by atoms with Crippen molar-refractivity contribution < 1.29 is 14.7 Å². The van der Waals surface area contributed by atoms with Crippen LogP contribution in [0, 0.1) is 51.2 Å². The van der Waals surface area contributed by atoms with E-state index in [0.717, 1.165) is 107 Å². The van der Waals surface area contributed by atoms with Crippen LogP contribution >= 0.6 is 0 Å².